The van der Waals surface area contributed by atoms with Gasteiger partial charge in [-0.05, 0) is 12.1 Å². The van der Waals surface area contributed by atoms with Gasteiger partial charge in [0.15, 0.2) is 0 Å². The molecule has 6 aromatic rings. The van der Waals surface area contributed by atoms with Gasteiger partial charge in [0.1, 0.15) is 17.7 Å². The van der Waals surface area contributed by atoms with Crippen molar-refractivity contribution < 1.29 is 0 Å². The zero-order valence-corrected chi connectivity index (χ0v) is 17.2. The number of hydrogen-bond donors (Lipinski definition) is 2. The minimum absolute atomic E-state index is 0.453. The second-order valence-electron chi connectivity index (χ2n) is 7.69. The van der Waals surface area contributed by atoms with Gasteiger partial charge in [0.2, 0.25) is 0 Å². The van der Waals surface area contributed by atoms with Gasteiger partial charge in [-0.2, -0.15) is 0 Å². The third-order valence-electron chi connectivity index (χ3n) is 5.73. The van der Waals surface area contributed by atoms with Crippen LogP contribution in [0.15, 0.2) is 97.3 Å². The molecule has 0 saturated carbocycles. The van der Waals surface area contributed by atoms with Gasteiger partial charge < -0.3 is 10.7 Å². The monoisotopic (exact) mass is 413 g/mol. The van der Waals surface area contributed by atoms with Crippen LogP contribution in [-0.4, -0.2) is 19.9 Å². The largest absolute Gasteiger partial charge is 0.383 e. The van der Waals surface area contributed by atoms with Crippen LogP contribution < -0.4 is 5.73 Å². The van der Waals surface area contributed by atoms with Crippen LogP contribution in [0.4, 0.5) is 5.82 Å². The van der Waals surface area contributed by atoms with Crippen LogP contribution in [0.3, 0.4) is 0 Å². The summed E-state index contributed by atoms with van der Waals surface area (Å²) in [6.07, 6.45) is 1.51. The van der Waals surface area contributed by atoms with E-state index in [0.717, 1.165) is 55.6 Å². The molecule has 0 fully saturated rings. The molecule has 0 bridgehead atoms. The van der Waals surface area contributed by atoms with Gasteiger partial charge in [0, 0.05) is 22.1 Å². The topological polar surface area (TPSA) is 80.5 Å². The molecule has 3 heterocycles. The Morgan fingerprint density at radius 2 is 1.38 bits per heavy atom. The molecule has 6 rings (SSSR count). The molecule has 0 aliphatic rings. The molecule has 0 amide bonds. The number of aromatic amines is 1. The molecule has 152 valence electrons. The van der Waals surface area contributed by atoms with E-state index in [9.17, 15) is 0 Å². The van der Waals surface area contributed by atoms with E-state index in [4.69, 9.17) is 10.7 Å². The van der Waals surface area contributed by atoms with Crippen LogP contribution in [0.1, 0.15) is 0 Å². The number of aromatic nitrogens is 4. The maximum absolute atomic E-state index is 6.31. The molecule has 0 atom stereocenters. The summed E-state index contributed by atoms with van der Waals surface area (Å²) in [5.41, 5.74) is 13.9. The first-order valence-corrected chi connectivity index (χ1v) is 10.4. The summed E-state index contributed by atoms with van der Waals surface area (Å²) in [6.45, 7) is 0. The number of pyridine rings is 1. The Labute approximate surface area is 184 Å². The highest BCUT2D eigenvalue weighted by molar-refractivity contribution is 6.07. The molecule has 3 N–H and O–H groups in total. The Hall–Kier alpha value is -4.51. The molecule has 0 radical (unpaired) electrons. The van der Waals surface area contributed by atoms with Gasteiger partial charge in [0.05, 0.1) is 28.0 Å². The van der Waals surface area contributed by atoms with Gasteiger partial charge in [-0.3, -0.25) is 0 Å². The van der Waals surface area contributed by atoms with Gasteiger partial charge in [-0.15, -0.1) is 0 Å². The Morgan fingerprint density at radius 3 is 2.16 bits per heavy atom. The van der Waals surface area contributed by atoms with E-state index >= 15 is 0 Å². The lowest BCUT2D eigenvalue weighted by Crippen LogP contribution is -1.93. The summed E-state index contributed by atoms with van der Waals surface area (Å²) in [6, 6.07) is 30.8. The van der Waals surface area contributed by atoms with Crippen molar-refractivity contribution in [3.63, 3.8) is 0 Å². The maximum Gasteiger partial charge on any atom is 0.136 e. The molecule has 0 spiro atoms. The third-order valence-corrected chi connectivity index (χ3v) is 5.73. The first-order valence-electron chi connectivity index (χ1n) is 10.4. The Kier molecular flexibility index (Phi) is 4.18. The minimum Gasteiger partial charge on any atom is -0.383 e. The standard InChI is InChI=1S/C27H19N5/c28-27-23-24(32-25(26(23)29-16-30-27)19-9-5-2-6-10-19)20-12-11-18-13-14-21(31-22(18)15-20)17-7-3-1-4-8-17/h1-16,32H,(H2,28,29,30). The summed E-state index contributed by atoms with van der Waals surface area (Å²) in [5, 5.41) is 1.90. The van der Waals surface area contributed by atoms with Crippen molar-refractivity contribution in [1.29, 1.82) is 0 Å². The van der Waals surface area contributed by atoms with Crippen molar-refractivity contribution in [2.45, 2.75) is 0 Å². The Balaban J connectivity index is 1.56. The first kappa shape index (κ1) is 18.3. The molecule has 3 aromatic heterocycles. The molecular weight excluding hydrogens is 394 g/mol. The van der Waals surface area contributed by atoms with Gasteiger partial charge in [0.25, 0.3) is 0 Å². The summed E-state index contributed by atoms with van der Waals surface area (Å²) in [7, 11) is 0. The average Bonchev–Trinajstić information content (AvgIpc) is 3.25. The van der Waals surface area contributed by atoms with Crippen molar-refractivity contribution in [2.75, 3.05) is 5.73 Å². The molecule has 5 heteroatoms. The predicted octanol–water partition coefficient (Wildman–Crippen LogP) is 6.09. The minimum atomic E-state index is 0.453. The highest BCUT2D eigenvalue weighted by Crippen LogP contribution is 2.37. The summed E-state index contributed by atoms with van der Waals surface area (Å²) >= 11 is 0. The number of hydrogen-bond acceptors (Lipinski definition) is 4. The third kappa shape index (κ3) is 2.99. The van der Waals surface area contributed by atoms with Crippen LogP contribution in [0.25, 0.3) is 55.6 Å². The highest BCUT2D eigenvalue weighted by atomic mass is 14.9. The fourth-order valence-electron chi connectivity index (χ4n) is 4.15. The van der Waals surface area contributed by atoms with E-state index in [0.29, 0.717) is 5.82 Å². The molecule has 32 heavy (non-hydrogen) atoms. The number of anilines is 1. The van der Waals surface area contributed by atoms with E-state index in [1.165, 1.54) is 6.33 Å². The fraction of sp³-hybridized carbons (Fsp3) is 0. The fourth-order valence-corrected chi connectivity index (χ4v) is 4.15. The van der Waals surface area contributed by atoms with Crippen LogP contribution in [0.5, 0.6) is 0 Å². The quantitative estimate of drug-likeness (QED) is 0.368. The van der Waals surface area contributed by atoms with Crippen molar-refractivity contribution in [3.05, 3.63) is 97.3 Å². The zero-order chi connectivity index (χ0) is 21.5. The smallest absolute Gasteiger partial charge is 0.136 e. The summed E-state index contributed by atoms with van der Waals surface area (Å²) < 4.78 is 0. The maximum atomic E-state index is 6.31. The van der Waals surface area contributed by atoms with Crippen LogP contribution >= 0.6 is 0 Å². The van der Waals surface area contributed by atoms with Crippen molar-refractivity contribution in [1.82, 2.24) is 19.9 Å². The first-order chi connectivity index (χ1) is 15.8. The molecule has 5 nitrogen and oxygen atoms in total. The van der Waals surface area contributed by atoms with E-state index in [-0.39, 0.29) is 0 Å². The number of rotatable bonds is 3. The van der Waals surface area contributed by atoms with Gasteiger partial charge in [-0.25, -0.2) is 15.0 Å². The number of nitrogens with one attached hydrogen (secondary N) is 1. The lowest BCUT2D eigenvalue weighted by atomic mass is 10.0. The normalized spacial score (nSPS) is 11.2. The van der Waals surface area contributed by atoms with Gasteiger partial charge in [-0.1, -0.05) is 78.9 Å². The summed E-state index contributed by atoms with van der Waals surface area (Å²) in [4.78, 5) is 17.3. The molecular formula is C27H19N5. The number of nitrogens with two attached hydrogens (primary N) is 1. The second kappa shape index (κ2) is 7.32. The summed E-state index contributed by atoms with van der Waals surface area (Å²) in [5.74, 6) is 0.453. The van der Waals surface area contributed by atoms with E-state index in [1.54, 1.807) is 0 Å². The molecule has 0 aliphatic carbocycles. The molecule has 3 aromatic carbocycles. The van der Waals surface area contributed by atoms with E-state index in [1.807, 2.05) is 36.4 Å². The second-order valence-corrected chi connectivity index (χ2v) is 7.69. The predicted molar refractivity (Wildman–Crippen MR) is 130 cm³/mol. The highest BCUT2D eigenvalue weighted by Gasteiger charge is 2.18. The number of nitrogen functional groups attached to an aromatic ring is 1. The van der Waals surface area contributed by atoms with Crippen LogP contribution in [-0.2, 0) is 0 Å². The Morgan fingerprint density at radius 1 is 0.656 bits per heavy atom. The van der Waals surface area contributed by atoms with Crippen LogP contribution in [0, 0.1) is 0 Å². The Bertz CT molecular complexity index is 1570. The number of benzene rings is 3. The van der Waals surface area contributed by atoms with Crippen LogP contribution in [0.2, 0.25) is 0 Å². The molecule has 0 aliphatic heterocycles. The van der Waals surface area contributed by atoms with E-state index < -0.39 is 0 Å². The molecule has 0 saturated heterocycles. The average molecular weight is 413 g/mol. The lowest BCUT2D eigenvalue weighted by molar-refractivity contribution is 1.23. The molecule has 0 unspecified atom stereocenters. The van der Waals surface area contributed by atoms with Gasteiger partial charge >= 0.3 is 0 Å². The number of H-pyrrole nitrogens is 1. The number of fused-ring (bicyclic) bond motifs is 2. The van der Waals surface area contributed by atoms with Crippen molar-refractivity contribution >= 4 is 27.6 Å². The SMILES string of the molecule is Nc1ncnc2c(-c3ccccc3)[nH]c(-c3ccc4ccc(-c5ccccc5)nc4c3)c12. The lowest BCUT2D eigenvalue weighted by Gasteiger charge is -2.06. The van der Waals surface area contributed by atoms with Crippen molar-refractivity contribution in [3.8, 4) is 33.8 Å². The number of nitrogens with zero attached hydrogens (tertiary/aromatic N) is 3. The van der Waals surface area contributed by atoms with E-state index in [2.05, 4.69) is 69.5 Å². The zero-order valence-electron chi connectivity index (χ0n) is 17.2. The van der Waals surface area contributed by atoms with Crippen molar-refractivity contribution in [2.24, 2.45) is 0 Å².